The number of nitrogens with two attached hydrogens (primary N) is 1. The topological polar surface area (TPSA) is 87.6 Å². The Morgan fingerprint density at radius 3 is 2.55 bits per heavy atom. The minimum Gasteiger partial charge on any atom is -0.492 e. The molecule has 1 aromatic carbocycles. The van der Waals surface area contributed by atoms with Crippen molar-refractivity contribution < 1.29 is 18.1 Å². The van der Waals surface area contributed by atoms with Crippen LogP contribution in [0.4, 0.5) is 5.88 Å². The van der Waals surface area contributed by atoms with Crippen LogP contribution in [0, 0.1) is 0 Å². The first-order valence-corrected chi connectivity index (χ1v) is 5.96. The average molecular weight is 270 g/mol. The maximum atomic E-state index is 5.83. The summed E-state index contributed by atoms with van der Waals surface area (Å²) in [6.07, 6.45) is 4.75. The normalized spacial score (nSPS) is 11.4. The number of anilines is 1. The van der Waals surface area contributed by atoms with Gasteiger partial charge in [0.05, 0.1) is 36.8 Å². The number of fused-ring (bicyclic) bond motifs is 2. The molecule has 100 valence electrons. The van der Waals surface area contributed by atoms with E-state index in [0.717, 1.165) is 16.3 Å². The summed E-state index contributed by atoms with van der Waals surface area (Å²) >= 11 is 0. The van der Waals surface area contributed by atoms with Gasteiger partial charge in [0.1, 0.15) is 5.58 Å². The minimum absolute atomic E-state index is 0.232. The van der Waals surface area contributed by atoms with E-state index in [1.807, 2.05) is 12.1 Å². The smallest absolute Gasteiger partial charge is 0.230 e. The van der Waals surface area contributed by atoms with Gasteiger partial charge in [-0.2, -0.15) is 0 Å². The summed E-state index contributed by atoms with van der Waals surface area (Å²) in [6, 6.07) is 3.66. The van der Waals surface area contributed by atoms with Crippen LogP contribution in [0.5, 0.6) is 5.75 Å². The van der Waals surface area contributed by atoms with Crippen LogP contribution in [-0.4, -0.2) is 12.3 Å². The molecule has 20 heavy (non-hydrogen) atoms. The van der Waals surface area contributed by atoms with Gasteiger partial charge in [-0.15, -0.1) is 0 Å². The second-order valence-electron chi connectivity index (χ2n) is 4.34. The van der Waals surface area contributed by atoms with Crippen molar-refractivity contribution in [1.29, 1.82) is 0 Å². The lowest BCUT2D eigenvalue weighted by Gasteiger charge is -2.07. The molecule has 0 aliphatic carbocycles. The first-order valence-electron chi connectivity index (χ1n) is 5.96. The molecule has 0 bridgehead atoms. The zero-order chi connectivity index (χ0) is 13.7. The number of ether oxygens (including phenoxy) is 1. The van der Waals surface area contributed by atoms with E-state index in [2.05, 4.69) is 5.16 Å². The van der Waals surface area contributed by atoms with Crippen molar-refractivity contribution in [3.8, 4) is 16.9 Å². The molecule has 0 fully saturated rings. The summed E-state index contributed by atoms with van der Waals surface area (Å²) in [5.41, 5.74) is 8.58. The molecular formula is C14H10N2O4. The highest BCUT2D eigenvalue weighted by atomic mass is 16.5. The standard InChI is InChI=1S/C14H10N2O4/c1-17-12-8-3-5-18-11(8)10(7-2-4-19-13(7)12)9-6-16-20-14(9)15/h2-6H,15H2,1H3. The second kappa shape index (κ2) is 3.80. The van der Waals surface area contributed by atoms with Crippen LogP contribution in [0.15, 0.2) is 44.2 Å². The summed E-state index contributed by atoms with van der Waals surface area (Å²) in [5, 5.41) is 5.36. The van der Waals surface area contributed by atoms with E-state index in [1.54, 1.807) is 25.8 Å². The van der Waals surface area contributed by atoms with Crippen LogP contribution in [0.25, 0.3) is 33.1 Å². The van der Waals surface area contributed by atoms with Gasteiger partial charge in [-0.05, 0) is 12.1 Å². The third-order valence-electron chi connectivity index (χ3n) is 3.35. The number of nitrogen functional groups attached to an aromatic ring is 1. The molecule has 0 spiro atoms. The van der Waals surface area contributed by atoms with E-state index < -0.39 is 0 Å². The van der Waals surface area contributed by atoms with Crippen LogP contribution >= 0.6 is 0 Å². The van der Waals surface area contributed by atoms with Gasteiger partial charge in [0.2, 0.25) is 5.88 Å². The predicted molar refractivity (Wildman–Crippen MR) is 72.4 cm³/mol. The van der Waals surface area contributed by atoms with Gasteiger partial charge in [0.25, 0.3) is 0 Å². The molecule has 0 radical (unpaired) electrons. The highest BCUT2D eigenvalue weighted by Gasteiger charge is 2.23. The van der Waals surface area contributed by atoms with Crippen LogP contribution < -0.4 is 10.5 Å². The van der Waals surface area contributed by atoms with Gasteiger partial charge < -0.3 is 23.8 Å². The molecule has 0 atom stereocenters. The fourth-order valence-electron chi connectivity index (χ4n) is 2.51. The van der Waals surface area contributed by atoms with E-state index >= 15 is 0 Å². The highest BCUT2D eigenvalue weighted by Crippen LogP contribution is 2.45. The summed E-state index contributed by atoms with van der Waals surface area (Å²) in [6.45, 7) is 0. The third kappa shape index (κ3) is 1.25. The Morgan fingerprint density at radius 2 is 1.85 bits per heavy atom. The first kappa shape index (κ1) is 11.0. The Bertz CT molecular complexity index is 864. The van der Waals surface area contributed by atoms with E-state index in [0.29, 0.717) is 22.5 Å². The van der Waals surface area contributed by atoms with Gasteiger partial charge in [-0.25, -0.2) is 0 Å². The second-order valence-corrected chi connectivity index (χ2v) is 4.34. The molecule has 2 N–H and O–H groups in total. The summed E-state index contributed by atoms with van der Waals surface area (Å²) < 4.78 is 21.5. The van der Waals surface area contributed by atoms with E-state index in [-0.39, 0.29) is 5.88 Å². The zero-order valence-electron chi connectivity index (χ0n) is 10.5. The van der Waals surface area contributed by atoms with Crippen molar-refractivity contribution in [1.82, 2.24) is 5.16 Å². The van der Waals surface area contributed by atoms with E-state index in [1.165, 1.54) is 0 Å². The largest absolute Gasteiger partial charge is 0.492 e. The maximum absolute atomic E-state index is 5.83. The number of nitrogens with zero attached hydrogens (tertiary/aromatic N) is 1. The molecule has 3 aromatic heterocycles. The van der Waals surface area contributed by atoms with E-state index in [9.17, 15) is 0 Å². The maximum Gasteiger partial charge on any atom is 0.230 e. The average Bonchev–Trinajstić information content (AvgIpc) is 3.15. The highest BCUT2D eigenvalue weighted by molar-refractivity contribution is 6.14. The molecule has 4 aromatic rings. The Balaban J connectivity index is 2.26. The Morgan fingerprint density at radius 1 is 1.10 bits per heavy atom. The van der Waals surface area contributed by atoms with Crippen LogP contribution in [0.3, 0.4) is 0 Å². The molecule has 4 rings (SSSR count). The Labute approximate surface area is 112 Å². The predicted octanol–water partition coefficient (Wildman–Crippen LogP) is 3.42. The Kier molecular flexibility index (Phi) is 2.09. The fourth-order valence-corrected chi connectivity index (χ4v) is 2.51. The molecule has 6 nitrogen and oxygen atoms in total. The van der Waals surface area contributed by atoms with Crippen molar-refractivity contribution in [2.45, 2.75) is 0 Å². The third-order valence-corrected chi connectivity index (χ3v) is 3.35. The number of aromatic nitrogens is 1. The lowest BCUT2D eigenvalue weighted by Crippen LogP contribution is -1.89. The fraction of sp³-hybridized carbons (Fsp3) is 0.0714. The number of methoxy groups -OCH3 is 1. The first-order chi connectivity index (χ1) is 9.81. The zero-order valence-corrected chi connectivity index (χ0v) is 10.5. The summed E-state index contributed by atoms with van der Waals surface area (Å²) in [5.74, 6) is 0.864. The molecule has 0 saturated heterocycles. The minimum atomic E-state index is 0.232. The number of hydrogen-bond donors (Lipinski definition) is 1. The van der Waals surface area contributed by atoms with Crippen molar-refractivity contribution in [3.05, 3.63) is 30.9 Å². The van der Waals surface area contributed by atoms with E-state index in [4.69, 9.17) is 23.8 Å². The SMILES string of the molecule is COc1c2ccoc2c(-c2cnoc2N)c2ccoc12. The lowest BCUT2D eigenvalue weighted by molar-refractivity contribution is 0.415. The van der Waals surface area contributed by atoms with Gasteiger partial charge in [-0.3, -0.25) is 0 Å². The molecular weight excluding hydrogens is 260 g/mol. The van der Waals surface area contributed by atoms with Crippen molar-refractivity contribution in [2.24, 2.45) is 0 Å². The lowest BCUT2D eigenvalue weighted by atomic mass is 10.0. The molecule has 6 heteroatoms. The molecule has 0 aliphatic heterocycles. The molecule has 0 amide bonds. The number of furan rings is 2. The van der Waals surface area contributed by atoms with Gasteiger partial charge in [0.15, 0.2) is 11.3 Å². The molecule has 0 unspecified atom stereocenters. The molecule has 0 aliphatic rings. The number of benzene rings is 1. The van der Waals surface area contributed by atoms with Crippen molar-refractivity contribution >= 4 is 27.8 Å². The van der Waals surface area contributed by atoms with Crippen LogP contribution in [0.2, 0.25) is 0 Å². The Hall–Kier alpha value is -2.89. The summed E-state index contributed by atoms with van der Waals surface area (Å²) in [4.78, 5) is 0. The summed E-state index contributed by atoms with van der Waals surface area (Å²) in [7, 11) is 1.59. The molecule has 3 heterocycles. The quantitative estimate of drug-likeness (QED) is 0.600. The molecule has 0 saturated carbocycles. The van der Waals surface area contributed by atoms with Gasteiger partial charge in [0, 0.05) is 10.9 Å². The monoisotopic (exact) mass is 270 g/mol. The van der Waals surface area contributed by atoms with Crippen LogP contribution in [0.1, 0.15) is 0 Å². The van der Waals surface area contributed by atoms with Crippen molar-refractivity contribution in [2.75, 3.05) is 12.8 Å². The van der Waals surface area contributed by atoms with Crippen LogP contribution in [-0.2, 0) is 0 Å². The van der Waals surface area contributed by atoms with Gasteiger partial charge >= 0.3 is 0 Å². The number of rotatable bonds is 2. The van der Waals surface area contributed by atoms with Gasteiger partial charge in [-0.1, -0.05) is 5.16 Å². The van der Waals surface area contributed by atoms with Crippen molar-refractivity contribution in [3.63, 3.8) is 0 Å². The number of hydrogen-bond acceptors (Lipinski definition) is 6.